The molecular weight excluding hydrogens is 240 g/mol. The summed E-state index contributed by atoms with van der Waals surface area (Å²) in [6.07, 6.45) is 7.00. The Balaban J connectivity index is 2.06. The van der Waals surface area contributed by atoms with Crippen LogP contribution in [0.25, 0.3) is 0 Å². The molecule has 0 aromatic carbocycles. The van der Waals surface area contributed by atoms with Gasteiger partial charge in [-0.05, 0) is 38.2 Å². The van der Waals surface area contributed by atoms with Crippen molar-refractivity contribution in [2.24, 2.45) is 5.92 Å². The van der Waals surface area contributed by atoms with Crippen LogP contribution in [-0.2, 0) is 4.79 Å². The van der Waals surface area contributed by atoms with Crippen LogP contribution in [0.2, 0.25) is 0 Å². The van der Waals surface area contributed by atoms with Gasteiger partial charge in [-0.25, -0.2) is 0 Å². The molecule has 1 fully saturated rings. The lowest BCUT2D eigenvalue weighted by molar-refractivity contribution is -0.126. The molecule has 0 saturated heterocycles. The highest BCUT2D eigenvalue weighted by Crippen LogP contribution is 2.32. The van der Waals surface area contributed by atoms with Crippen molar-refractivity contribution in [2.45, 2.75) is 51.1 Å². The lowest BCUT2D eigenvalue weighted by Crippen LogP contribution is -2.51. The number of amides is 1. The van der Waals surface area contributed by atoms with E-state index in [0.29, 0.717) is 5.92 Å². The minimum atomic E-state index is -0.698. The second-order valence-electron chi connectivity index (χ2n) is 5.55. The summed E-state index contributed by atoms with van der Waals surface area (Å²) in [5.41, 5.74) is -0.698. The van der Waals surface area contributed by atoms with Crippen molar-refractivity contribution in [3.8, 4) is 6.07 Å². The number of rotatable bonds is 3. The van der Waals surface area contributed by atoms with Crippen LogP contribution in [0.4, 0.5) is 0 Å². The zero-order valence-electron chi connectivity index (χ0n) is 11.5. The number of carbonyl (C=O) groups excluding carboxylic acids is 1. The Kier molecular flexibility index (Phi) is 3.89. The highest BCUT2D eigenvalue weighted by Gasteiger charge is 2.37. The predicted molar refractivity (Wildman–Crippen MR) is 71.1 cm³/mol. The number of carbonyl (C=O) groups is 1. The Labute approximate surface area is 113 Å². The van der Waals surface area contributed by atoms with Gasteiger partial charge in [0.15, 0.2) is 0 Å². The second kappa shape index (κ2) is 5.43. The van der Waals surface area contributed by atoms with Gasteiger partial charge in [0.05, 0.1) is 6.07 Å². The van der Waals surface area contributed by atoms with Crippen molar-refractivity contribution < 1.29 is 4.79 Å². The van der Waals surface area contributed by atoms with E-state index >= 15 is 0 Å². The first kappa shape index (κ1) is 13.6. The molecule has 1 aliphatic carbocycles. The van der Waals surface area contributed by atoms with Gasteiger partial charge >= 0.3 is 0 Å². The number of hydrogen-bond donors (Lipinski definition) is 1. The van der Waals surface area contributed by atoms with Gasteiger partial charge in [-0.15, -0.1) is 0 Å². The van der Waals surface area contributed by atoms with Crippen molar-refractivity contribution in [2.75, 3.05) is 0 Å². The second-order valence-corrected chi connectivity index (χ2v) is 5.55. The van der Waals surface area contributed by atoms with E-state index in [1.807, 2.05) is 0 Å². The topological polar surface area (TPSA) is 70.7 Å². The zero-order valence-corrected chi connectivity index (χ0v) is 11.5. The Morgan fingerprint density at radius 2 is 2.47 bits per heavy atom. The third kappa shape index (κ3) is 2.95. The van der Waals surface area contributed by atoms with Gasteiger partial charge in [-0.2, -0.15) is 10.4 Å². The summed E-state index contributed by atoms with van der Waals surface area (Å²) in [4.78, 5) is 12.3. The van der Waals surface area contributed by atoms with Crippen LogP contribution in [-0.4, -0.2) is 21.2 Å². The first-order chi connectivity index (χ1) is 9.06. The van der Waals surface area contributed by atoms with E-state index in [1.165, 1.54) is 0 Å². The third-order valence-corrected chi connectivity index (χ3v) is 3.88. The van der Waals surface area contributed by atoms with Crippen molar-refractivity contribution in [3.05, 3.63) is 18.5 Å². The fraction of sp³-hybridized carbons (Fsp3) is 0.643. The van der Waals surface area contributed by atoms with Gasteiger partial charge in [0.25, 0.3) is 0 Å². The molecule has 1 saturated carbocycles. The standard InChI is InChI=1S/C14H20N4O/c1-11-5-3-6-14(9-11,10-15)17-13(19)12(2)18-8-4-7-16-18/h4,7-8,11-12H,3,5-6,9H2,1-2H3,(H,17,19). The largest absolute Gasteiger partial charge is 0.336 e. The number of nitriles is 1. The van der Waals surface area contributed by atoms with Crippen molar-refractivity contribution in [1.29, 1.82) is 5.26 Å². The van der Waals surface area contributed by atoms with Crippen LogP contribution >= 0.6 is 0 Å². The van der Waals surface area contributed by atoms with E-state index in [2.05, 4.69) is 23.4 Å². The molecule has 1 aliphatic rings. The van der Waals surface area contributed by atoms with Crippen LogP contribution in [0.1, 0.15) is 45.6 Å². The van der Waals surface area contributed by atoms with E-state index in [-0.39, 0.29) is 5.91 Å². The summed E-state index contributed by atoms with van der Waals surface area (Å²) in [6, 6.07) is 3.71. The highest BCUT2D eigenvalue weighted by molar-refractivity contribution is 5.81. The predicted octanol–water partition coefficient (Wildman–Crippen LogP) is 2.03. The van der Waals surface area contributed by atoms with Crippen LogP contribution in [0, 0.1) is 17.2 Å². The van der Waals surface area contributed by atoms with Crippen LogP contribution < -0.4 is 5.32 Å². The average molecular weight is 260 g/mol. The molecule has 1 aromatic rings. The lowest BCUT2D eigenvalue weighted by atomic mass is 9.77. The molecule has 1 amide bonds. The number of hydrogen-bond acceptors (Lipinski definition) is 3. The summed E-state index contributed by atoms with van der Waals surface area (Å²) < 4.78 is 1.60. The van der Waals surface area contributed by atoms with Gasteiger partial charge in [0.2, 0.25) is 5.91 Å². The minimum Gasteiger partial charge on any atom is -0.336 e. The van der Waals surface area contributed by atoms with Gasteiger partial charge < -0.3 is 5.32 Å². The molecule has 102 valence electrons. The Hall–Kier alpha value is -1.83. The molecule has 1 aromatic heterocycles. The van der Waals surface area contributed by atoms with Crippen LogP contribution in [0.5, 0.6) is 0 Å². The molecule has 3 unspecified atom stereocenters. The van der Waals surface area contributed by atoms with E-state index in [4.69, 9.17) is 0 Å². The summed E-state index contributed by atoms with van der Waals surface area (Å²) in [7, 11) is 0. The monoisotopic (exact) mass is 260 g/mol. The molecule has 0 spiro atoms. The number of nitrogens with one attached hydrogen (secondary N) is 1. The minimum absolute atomic E-state index is 0.139. The van der Waals surface area contributed by atoms with Gasteiger partial charge in [0, 0.05) is 12.4 Å². The van der Waals surface area contributed by atoms with E-state index < -0.39 is 11.6 Å². The molecule has 0 aliphatic heterocycles. The molecule has 5 nitrogen and oxygen atoms in total. The molecule has 1 heterocycles. The van der Waals surface area contributed by atoms with E-state index in [0.717, 1.165) is 25.7 Å². The molecule has 2 rings (SSSR count). The summed E-state index contributed by atoms with van der Waals surface area (Å²) in [5, 5.41) is 16.4. The Morgan fingerprint density at radius 3 is 3.05 bits per heavy atom. The van der Waals surface area contributed by atoms with Crippen molar-refractivity contribution >= 4 is 5.91 Å². The molecule has 19 heavy (non-hydrogen) atoms. The fourth-order valence-electron chi connectivity index (χ4n) is 2.76. The normalized spacial score (nSPS) is 28.4. The third-order valence-electron chi connectivity index (χ3n) is 3.88. The van der Waals surface area contributed by atoms with Crippen LogP contribution in [0.15, 0.2) is 18.5 Å². The molecule has 1 N–H and O–H groups in total. The number of nitrogens with zero attached hydrogens (tertiary/aromatic N) is 3. The molecule has 0 bridgehead atoms. The maximum Gasteiger partial charge on any atom is 0.245 e. The summed E-state index contributed by atoms with van der Waals surface area (Å²) >= 11 is 0. The lowest BCUT2D eigenvalue weighted by Gasteiger charge is -2.35. The number of aromatic nitrogens is 2. The summed E-state index contributed by atoms with van der Waals surface area (Å²) in [5.74, 6) is 0.341. The first-order valence-electron chi connectivity index (χ1n) is 6.79. The van der Waals surface area contributed by atoms with Gasteiger partial charge in [-0.3, -0.25) is 9.48 Å². The van der Waals surface area contributed by atoms with Gasteiger partial charge in [-0.1, -0.05) is 13.3 Å². The average Bonchev–Trinajstić information content (AvgIpc) is 2.91. The highest BCUT2D eigenvalue weighted by atomic mass is 16.2. The van der Waals surface area contributed by atoms with E-state index in [9.17, 15) is 10.1 Å². The van der Waals surface area contributed by atoms with Crippen molar-refractivity contribution in [1.82, 2.24) is 15.1 Å². The van der Waals surface area contributed by atoms with E-state index in [1.54, 1.807) is 30.1 Å². The van der Waals surface area contributed by atoms with Crippen LogP contribution in [0.3, 0.4) is 0 Å². The molecule has 5 heteroatoms. The summed E-state index contributed by atoms with van der Waals surface area (Å²) in [6.45, 7) is 3.92. The quantitative estimate of drug-likeness (QED) is 0.904. The van der Waals surface area contributed by atoms with Gasteiger partial charge in [0.1, 0.15) is 11.6 Å². The van der Waals surface area contributed by atoms with Crippen molar-refractivity contribution in [3.63, 3.8) is 0 Å². The maximum absolute atomic E-state index is 12.3. The Morgan fingerprint density at radius 1 is 1.68 bits per heavy atom. The molecular formula is C14H20N4O. The first-order valence-corrected chi connectivity index (χ1v) is 6.79. The maximum atomic E-state index is 12.3. The molecule has 3 atom stereocenters. The molecule has 0 radical (unpaired) electrons. The zero-order chi connectivity index (χ0) is 13.9. The Bertz CT molecular complexity index is 476. The smallest absolute Gasteiger partial charge is 0.245 e. The SMILES string of the molecule is CC1CCCC(C#N)(NC(=O)C(C)n2cccn2)C1. The fourth-order valence-corrected chi connectivity index (χ4v) is 2.76.